The van der Waals surface area contributed by atoms with Crippen molar-refractivity contribution in [3.8, 4) is 0 Å². The molecule has 0 aliphatic heterocycles. The van der Waals surface area contributed by atoms with Gasteiger partial charge < -0.3 is 5.32 Å². The zero-order chi connectivity index (χ0) is 14.1. The summed E-state index contributed by atoms with van der Waals surface area (Å²) in [6.45, 7) is 0. The molecule has 4 heteroatoms. The van der Waals surface area contributed by atoms with Crippen LogP contribution in [0.2, 0.25) is 5.02 Å². The number of rotatable bonds is 4. The van der Waals surface area contributed by atoms with Gasteiger partial charge in [-0.2, -0.15) is 0 Å². The van der Waals surface area contributed by atoms with Crippen molar-refractivity contribution in [3.63, 3.8) is 0 Å². The van der Waals surface area contributed by atoms with E-state index in [1.165, 1.54) is 6.07 Å². The Hall–Kier alpha value is -1.61. The molecule has 0 aromatic heterocycles. The Balaban J connectivity index is 1.84. The summed E-state index contributed by atoms with van der Waals surface area (Å²) in [5, 5.41) is 3.99. The molecule has 0 heterocycles. The molecule has 104 valence electrons. The molecule has 1 aliphatic carbocycles. The van der Waals surface area contributed by atoms with Crippen LogP contribution in [0, 0.1) is 17.6 Å². The molecule has 1 atom stereocenters. The van der Waals surface area contributed by atoms with E-state index in [4.69, 9.17) is 11.6 Å². The van der Waals surface area contributed by atoms with Crippen LogP contribution in [0.1, 0.15) is 24.4 Å². The zero-order valence-corrected chi connectivity index (χ0v) is 11.5. The molecule has 0 spiro atoms. The van der Waals surface area contributed by atoms with Gasteiger partial charge in [0, 0.05) is 16.8 Å². The first-order valence-electron chi connectivity index (χ1n) is 6.60. The highest BCUT2D eigenvalue weighted by atomic mass is 35.5. The quantitative estimate of drug-likeness (QED) is 0.819. The molecule has 0 amide bonds. The Bertz CT molecular complexity index is 608. The summed E-state index contributed by atoms with van der Waals surface area (Å²) in [6, 6.07) is 11.6. The normalized spacial score (nSPS) is 15.9. The minimum Gasteiger partial charge on any atom is -0.378 e. The number of nitrogens with one attached hydrogen (secondary N) is 1. The maximum atomic E-state index is 13.3. The largest absolute Gasteiger partial charge is 0.378 e. The van der Waals surface area contributed by atoms with Gasteiger partial charge in [-0.15, -0.1) is 0 Å². The van der Waals surface area contributed by atoms with Crippen LogP contribution in [0.15, 0.2) is 42.5 Å². The second-order valence-corrected chi connectivity index (χ2v) is 5.58. The molecule has 2 aromatic carbocycles. The third-order valence-corrected chi connectivity index (χ3v) is 3.82. The van der Waals surface area contributed by atoms with Crippen molar-refractivity contribution < 1.29 is 8.78 Å². The first-order valence-corrected chi connectivity index (χ1v) is 6.98. The lowest BCUT2D eigenvalue weighted by molar-refractivity contribution is 0.508. The van der Waals surface area contributed by atoms with Crippen LogP contribution in [0.3, 0.4) is 0 Å². The van der Waals surface area contributed by atoms with Crippen LogP contribution in [-0.4, -0.2) is 0 Å². The van der Waals surface area contributed by atoms with E-state index in [1.807, 2.05) is 24.3 Å². The van der Waals surface area contributed by atoms with Crippen LogP contribution in [0.25, 0.3) is 0 Å². The molecular formula is C16H14ClF2N. The minimum absolute atomic E-state index is 0.108. The molecule has 1 N–H and O–H groups in total. The molecular weight excluding hydrogens is 280 g/mol. The van der Waals surface area contributed by atoms with E-state index < -0.39 is 11.6 Å². The molecule has 20 heavy (non-hydrogen) atoms. The van der Waals surface area contributed by atoms with Crippen LogP contribution in [0.5, 0.6) is 0 Å². The maximum absolute atomic E-state index is 13.3. The second-order valence-electron chi connectivity index (χ2n) is 5.14. The SMILES string of the molecule is Fc1ccc(NC(c2ccc(Cl)cc2)C2CC2)cc1F. The van der Waals surface area contributed by atoms with Crippen molar-refractivity contribution in [2.45, 2.75) is 18.9 Å². The van der Waals surface area contributed by atoms with Gasteiger partial charge in [-0.3, -0.25) is 0 Å². The van der Waals surface area contributed by atoms with E-state index in [2.05, 4.69) is 5.32 Å². The number of hydrogen-bond donors (Lipinski definition) is 1. The van der Waals surface area contributed by atoms with Crippen molar-refractivity contribution in [2.75, 3.05) is 5.32 Å². The lowest BCUT2D eigenvalue weighted by Gasteiger charge is -2.20. The fourth-order valence-electron chi connectivity index (χ4n) is 2.34. The standard InChI is InChI=1S/C16H14ClF2N/c17-12-5-3-11(4-6-12)16(10-1-2-10)20-13-7-8-14(18)15(19)9-13/h3-10,16,20H,1-2H2. The molecule has 1 nitrogen and oxygen atoms in total. The van der Waals surface area contributed by atoms with Crippen molar-refractivity contribution in [1.29, 1.82) is 0 Å². The predicted molar refractivity (Wildman–Crippen MR) is 76.9 cm³/mol. The van der Waals surface area contributed by atoms with Gasteiger partial charge in [0.15, 0.2) is 11.6 Å². The van der Waals surface area contributed by atoms with Gasteiger partial charge in [-0.1, -0.05) is 23.7 Å². The Kier molecular flexibility index (Phi) is 3.62. The Labute approximate surface area is 121 Å². The smallest absolute Gasteiger partial charge is 0.160 e. The Morgan fingerprint density at radius 1 is 1.00 bits per heavy atom. The molecule has 3 rings (SSSR count). The van der Waals surface area contributed by atoms with Gasteiger partial charge in [0.2, 0.25) is 0 Å². The molecule has 1 aliphatic rings. The Morgan fingerprint density at radius 3 is 2.30 bits per heavy atom. The van der Waals surface area contributed by atoms with Crippen LogP contribution in [-0.2, 0) is 0 Å². The molecule has 0 radical (unpaired) electrons. The number of halogens is 3. The fraction of sp³-hybridized carbons (Fsp3) is 0.250. The number of hydrogen-bond acceptors (Lipinski definition) is 1. The van der Waals surface area contributed by atoms with Crippen molar-refractivity contribution >= 4 is 17.3 Å². The second kappa shape index (κ2) is 5.41. The summed E-state index contributed by atoms with van der Waals surface area (Å²) in [6.07, 6.45) is 2.29. The first kappa shape index (κ1) is 13.4. The molecule has 1 unspecified atom stereocenters. The summed E-state index contributed by atoms with van der Waals surface area (Å²) >= 11 is 5.90. The fourth-order valence-corrected chi connectivity index (χ4v) is 2.46. The average molecular weight is 294 g/mol. The van der Waals surface area contributed by atoms with E-state index >= 15 is 0 Å². The maximum Gasteiger partial charge on any atom is 0.160 e. The average Bonchev–Trinajstić information content (AvgIpc) is 3.26. The van der Waals surface area contributed by atoms with E-state index in [1.54, 1.807) is 6.07 Å². The van der Waals surface area contributed by atoms with E-state index in [0.717, 1.165) is 24.5 Å². The Morgan fingerprint density at radius 2 is 1.70 bits per heavy atom. The lowest BCUT2D eigenvalue weighted by atomic mass is 10.0. The summed E-state index contributed by atoms with van der Waals surface area (Å²) in [7, 11) is 0. The predicted octanol–water partition coefficient (Wildman–Crippen LogP) is 5.18. The van der Waals surface area contributed by atoms with E-state index in [-0.39, 0.29) is 6.04 Å². The van der Waals surface area contributed by atoms with Gasteiger partial charge >= 0.3 is 0 Å². The van der Waals surface area contributed by atoms with E-state index in [9.17, 15) is 8.78 Å². The molecule has 1 fully saturated rings. The van der Waals surface area contributed by atoms with Crippen LogP contribution < -0.4 is 5.32 Å². The number of benzene rings is 2. The third kappa shape index (κ3) is 2.93. The summed E-state index contributed by atoms with van der Waals surface area (Å²) in [4.78, 5) is 0. The molecule has 1 saturated carbocycles. The molecule has 2 aromatic rings. The van der Waals surface area contributed by atoms with Gasteiger partial charge in [0.1, 0.15) is 0 Å². The van der Waals surface area contributed by atoms with Crippen LogP contribution in [0.4, 0.5) is 14.5 Å². The lowest BCUT2D eigenvalue weighted by Crippen LogP contribution is -2.13. The number of anilines is 1. The van der Waals surface area contributed by atoms with Gasteiger partial charge in [0.25, 0.3) is 0 Å². The zero-order valence-electron chi connectivity index (χ0n) is 10.7. The van der Waals surface area contributed by atoms with Crippen LogP contribution >= 0.6 is 11.6 Å². The highest BCUT2D eigenvalue weighted by Gasteiger charge is 2.32. The van der Waals surface area contributed by atoms with Crippen molar-refractivity contribution in [3.05, 3.63) is 64.7 Å². The molecule has 0 bridgehead atoms. The van der Waals surface area contributed by atoms with Gasteiger partial charge in [-0.25, -0.2) is 8.78 Å². The minimum atomic E-state index is -0.833. The highest BCUT2D eigenvalue weighted by molar-refractivity contribution is 6.30. The topological polar surface area (TPSA) is 12.0 Å². The van der Waals surface area contributed by atoms with Gasteiger partial charge in [0.05, 0.1) is 6.04 Å². The van der Waals surface area contributed by atoms with Crippen molar-refractivity contribution in [1.82, 2.24) is 0 Å². The highest BCUT2D eigenvalue weighted by Crippen LogP contribution is 2.43. The third-order valence-electron chi connectivity index (χ3n) is 3.56. The summed E-state index contributed by atoms with van der Waals surface area (Å²) in [5.74, 6) is -1.13. The summed E-state index contributed by atoms with van der Waals surface area (Å²) < 4.78 is 26.2. The first-order chi connectivity index (χ1) is 9.63. The van der Waals surface area contributed by atoms with E-state index in [0.29, 0.717) is 16.6 Å². The monoisotopic (exact) mass is 293 g/mol. The molecule has 0 saturated heterocycles. The van der Waals surface area contributed by atoms with Crippen molar-refractivity contribution in [2.24, 2.45) is 5.92 Å². The summed E-state index contributed by atoms with van der Waals surface area (Å²) in [5.41, 5.74) is 1.71. The van der Waals surface area contributed by atoms with Gasteiger partial charge in [-0.05, 0) is 48.6 Å².